The summed E-state index contributed by atoms with van der Waals surface area (Å²) < 4.78 is 38.3. The summed E-state index contributed by atoms with van der Waals surface area (Å²) in [6, 6.07) is 11.5. The number of nitrogens with one attached hydrogen (secondary N) is 2. The molecule has 2 fully saturated rings. The lowest BCUT2D eigenvalue weighted by Gasteiger charge is -2.34. The summed E-state index contributed by atoms with van der Waals surface area (Å²) in [7, 11) is 3.60. The smallest absolute Gasteiger partial charge is 0.280 e. The van der Waals surface area contributed by atoms with Gasteiger partial charge in [-0.2, -0.15) is 10.1 Å². The molecular formula is C44H49F2N9O5. The first-order chi connectivity index (χ1) is 28.8. The van der Waals surface area contributed by atoms with Gasteiger partial charge >= 0.3 is 0 Å². The van der Waals surface area contributed by atoms with Crippen molar-refractivity contribution >= 4 is 46.7 Å². The molecule has 2 saturated heterocycles. The van der Waals surface area contributed by atoms with Gasteiger partial charge in [-0.25, -0.2) is 13.5 Å². The number of aryl methyl sites for hydroxylation is 2. The van der Waals surface area contributed by atoms with E-state index in [4.69, 9.17) is 4.74 Å². The Bertz CT molecular complexity index is 2370. The third-order valence-corrected chi connectivity index (χ3v) is 12.0. The minimum atomic E-state index is -1.04. The van der Waals surface area contributed by atoms with E-state index in [1.54, 1.807) is 41.0 Å². The van der Waals surface area contributed by atoms with E-state index in [1.165, 1.54) is 12.1 Å². The molecule has 2 bridgehead atoms. The highest BCUT2D eigenvalue weighted by atomic mass is 19.1. The minimum absolute atomic E-state index is 0.0359. The molecule has 2 atom stereocenters. The first-order valence-corrected chi connectivity index (χ1v) is 20.6. The molecule has 4 aromatic rings. The molecule has 0 aliphatic carbocycles. The molecule has 0 unspecified atom stereocenters. The molecule has 0 spiro atoms. The number of fused-ring (bicyclic) bond motifs is 7. The van der Waals surface area contributed by atoms with Crippen LogP contribution in [0.3, 0.4) is 0 Å². The van der Waals surface area contributed by atoms with Gasteiger partial charge < -0.3 is 24.8 Å². The Hall–Kier alpha value is -6.19. The van der Waals surface area contributed by atoms with Crippen LogP contribution in [0.15, 0.2) is 53.7 Å². The number of anilines is 3. The molecule has 4 aliphatic heterocycles. The van der Waals surface area contributed by atoms with Crippen molar-refractivity contribution in [2.24, 2.45) is 23.9 Å². The van der Waals surface area contributed by atoms with Gasteiger partial charge in [0.2, 0.25) is 23.7 Å². The molecular weight excluding hydrogens is 773 g/mol. The number of aromatic nitrogens is 3. The van der Waals surface area contributed by atoms with Crippen LogP contribution < -0.4 is 25.2 Å². The van der Waals surface area contributed by atoms with E-state index < -0.39 is 35.3 Å². The van der Waals surface area contributed by atoms with Gasteiger partial charge in [-0.1, -0.05) is 6.92 Å². The highest BCUT2D eigenvalue weighted by Crippen LogP contribution is 2.37. The number of piperidine rings is 2. The largest absolute Gasteiger partial charge is 0.477 e. The Kier molecular flexibility index (Phi) is 11.4. The third kappa shape index (κ3) is 8.32. The van der Waals surface area contributed by atoms with Crippen LogP contribution in [-0.2, 0) is 16.6 Å². The summed E-state index contributed by atoms with van der Waals surface area (Å²) in [4.78, 5) is 66.4. The van der Waals surface area contributed by atoms with Crippen LogP contribution >= 0.6 is 0 Å². The number of guanidine groups is 1. The van der Waals surface area contributed by atoms with E-state index in [0.717, 1.165) is 43.5 Å². The fourth-order valence-corrected chi connectivity index (χ4v) is 8.67. The summed E-state index contributed by atoms with van der Waals surface area (Å²) in [6.07, 6.45) is 5.77. The number of hydrogen-bond donors (Lipinski definition) is 2. The second-order valence-electron chi connectivity index (χ2n) is 16.4. The van der Waals surface area contributed by atoms with Crippen molar-refractivity contribution in [1.29, 1.82) is 0 Å². The lowest BCUT2D eigenvalue weighted by molar-refractivity contribution is -0.134. The predicted octanol–water partition coefficient (Wildman–Crippen LogP) is 6.20. The Morgan fingerprint density at radius 2 is 1.77 bits per heavy atom. The molecule has 2 aromatic carbocycles. The topological polar surface area (TPSA) is 154 Å². The average molecular weight is 822 g/mol. The maximum atomic E-state index is 15.2. The molecule has 60 heavy (non-hydrogen) atoms. The molecule has 16 heteroatoms. The highest BCUT2D eigenvalue weighted by molar-refractivity contribution is 6.19. The van der Waals surface area contributed by atoms with Crippen LogP contribution in [0.5, 0.6) is 5.88 Å². The maximum Gasteiger partial charge on any atom is 0.280 e. The molecule has 4 amide bonds. The zero-order valence-corrected chi connectivity index (χ0v) is 34.3. The van der Waals surface area contributed by atoms with Crippen molar-refractivity contribution in [1.82, 2.24) is 25.0 Å². The number of rotatable bonds is 6. The van der Waals surface area contributed by atoms with Crippen molar-refractivity contribution in [3.8, 4) is 17.1 Å². The van der Waals surface area contributed by atoms with E-state index in [-0.39, 0.29) is 30.2 Å². The quantitative estimate of drug-likeness (QED) is 0.215. The zero-order valence-electron chi connectivity index (χ0n) is 34.3. The fourth-order valence-electron chi connectivity index (χ4n) is 8.67. The number of hydrogen-bond acceptors (Lipinski definition) is 10. The van der Waals surface area contributed by atoms with Crippen molar-refractivity contribution in [2.45, 2.75) is 64.7 Å². The molecule has 0 saturated carbocycles. The van der Waals surface area contributed by atoms with Gasteiger partial charge in [0, 0.05) is 74.8 Å². The molecule has 4 aliphatic rings. The summed E-state index contributed by atoms with van der Waals surface area (Å²) in [5.41, 5.74) is 4.47. The van der Waals surface area contributed by atoms with Gasteiger partial charge in [-0.3, -0.25) is 29.5 Å². The number of carbonyl (C=O) groups excluding carboxylic acids is 4. The van der Waals surface area contributed by atoms with Gasteiger partial charge in [0.1, 0.15) is 11.6 Å². The molecule has 314 valence electrons. The Balaban J connectivity index is 0.921. The van der Waals surface area contributed by atoms with E-state index in [1.807, 2.05) is 35.9 Å². The zero-order chi connectivity index (χ0) is 42.2. The third-order valence-electron chi connectivity index (χ3n) is 12.0. The number of halogens is 2. The van der Waals surface area contributed by atoms with Crippen LogP contribution in [0.2, 0.25) is 0 Å². The number of pyridine rings is 1. The van der Waals surface area contributed by atoms with Gasteiger partial charge in [-0.05, 0) is 99.7 Å². The summed E-state index contributed by atoms with van der Waals surface area (Å²) >= 11 is 0. The van der Waals surface area contributed by atoms with Crippen molar-refractivity contribution in [2.75, 3.05) is 55.0 Å². The van der Waals surface area contributed by atoms with E-state index >= 15 is 8.78 Å². The summed E-state index contributed by atoms with van der Waals surface area (Å²) in [5, 5.41) is 9.88. The standard InChI is InChI=1S/C44H49F2N9O5/c1-25-6-5-17-60-43-32(23-47-53(43)4)36-19-29(18-26(2)48-36)40(57)51-44-49-35-9-7-28(20-37(35)55(44)24-25)42(59)52(3)14-11-27-12-15-54(16-13-27)30-21-33(45)39(34(46)22-30)31-8-10-38(56)50-41(31)58/h7,9,18-23,25,27,31H,5-6,8,10-17,24H2,1-4H3,(H,49,51,57)(H,50,56,58)/t25-,31-/m1/s1. The fraction of sp³-hybridized carbons (Fsp3) is 0.432. The van der Waals surface area contributed by atoms with E-state index in [0.29, 0.717) is 84.3 Å². The van der Waals surface area contributed by atoms with Crippen LogP contribution in [0.1, 0.15) is 89.8 Å². The lowest BCUT2D eigenvalue weighted by atomic mass is 9.89. The first kappa shape index (κ1) is 40.6. The predicted molar refractivity (Wildman–Crippen MR) is 222 cm³/mol. The van der Waals surface area contributed by atoms with Gasteiger partial charge in [0.15, 0.2) is 0 Å². The molecule has 6 heterocycles. The van der Waals surface area contributed by atoms with Crippen LogP contribution in [-0.4, -0.2) is 89.1 Å². The number of amides is 4. The number of benzene rings is 2. The maximum absolute atomic E-state index is 15.2. The Labute approximate surface area is 347 Å². The van der Waals surface area contributed by atoms with Crippen LogP contribution in [0, 0.1) is 30.4 Å². The van der Waals surface area contributed by atoms with Gasteiger partial charge in [0.25, 0.3) is 11.8 Å². The van der Waals surface area contributed by atoms with E-state index in [9.17, 15) is 19.2 Å². The molecule has 2 N–H and O–H groups in total. The van der Waals surface area contributed by atoms with Crippen LogP contribution in [0.4, 0.5) is 25.8 Å². The van der Waals surface area contributed by atoms with E-state index in [2.05, 4.69) is 32.6 Å². The molecule has 0 radical (unpaired) electrons. The average Bonchev–Trinajstić information content (AvgIpc) is 3.76. The number of nitrogens with zero attached hydrogens (tertiary/aromatic N) is 7. The number of carbonyl (C=O) groups is 4. The SMILES string of the molecule is Cc1cc2cc(n1)-c1cnn(C)c1OCCC[C@@H](C)CN1/C(=N/C2=O)Nc2ccc(C(=O)N(C)CCC3CCN(c4cc(F)c([C@H]5CCC(=O)NC5=O)c(F)c4)CC3)cc21. The highest BCUT2D eigenvalue weighted by Gasteiger charge is 2.34. The Morgan fingerprint density at radius 1 is 1.00 bits per heavy atom. The summed E-state index contributed by atoms with van der Waals surface area (Å²) in [6.45, 7) is 6.73. The number of imide groups is 1. The lowest BCUT2D eigenvalue weighted by Crippen LogP contribution is -2.40. The van der Waals surface area contributed by atoms with Gasteiger partial charge in [0.05, 0.1) is 41.4 Å². The second kappa shape index (κ2) is 16.8. The van der Waals surface area contributed by atoms with Gasteiger partial charge in [-0.15, -0.1) is 0 Å². The molecule has 8 rings (SSSR count). The monoisotopic (exact) mass is 821 g/mol. The number of aliphatic imine (C=N–C) groups is 1. The number of ether oxygens (including phenoxy) is 1. The summed E-state index contributed by atoms with van der Waals surface area (Å²) in [5.74, 6) is -2.81. The van der Waals surface area contributed by atoms with Crippen molar-refractivity contribution in [3.63, 3.8) is 0 Å². The molecule has 2 aromatic heterocycles. The van der Waals surface area contributed by atoms with Crippen LogP contribution in [0.25, 0.3) is 11.3 Å². The normalized spacial score (nSPS) is 20.7. The Morgan fingerprint density at radius 3 is 2.52 bits per heavy atom. The minimum Gasteiger partial charge on any atom is -0.477 e. The van der Waals surface area contributed by atoms with Crippen molar-refractivity contribution in [3.05, 3.63) is 82.7 Å². The van der Waals surface area contributed by atoms with Crippen molar-refractivity contribution < 1.29 is 32.7 Å². The first-order valence-electron chi connectivity index (χ1n) is 20.6. The molecule has 14 nitrogen and oxygen atoms in total. The second-order valence-corrected chi connectivity index (χ2v) is 16.4.